The molecular formula is C16H14FN3O. The van der Waals surface area contributed by atoms with Crippen LogP contribution in [0.4, 0.5) is 10.1 Å². The summed E-state index contributed by atoms with van der Waals surface area (Å²) < 4.78 is 13.2. The minimum Gasteiger partial charge on any atom is -0.320 e. The highest BCUT2D eigenvalue weighted by molar-refractivity contribution is 6.05. The highest BCUT2D eigenvalue weighted by atomic mass is 19.1. The Balaban J connectivity index is 2.36. The molecule has 0 aliphatic rings. The lowest BCUT2D eigenvalue weighted by molar-refractivity contribution is 0.0988. The molecule has 106 valence electrons. The van der Waals surface area contributed by atoms with Crippen LogP contribution >= 0.6 is 0 Å². The summed E-state index contributed by atoms with van der Waals surface area (Å²) in [5, 5.41) is 0. The van der Waals surface area contributed by atoms with Gasteiger partial charge in [-0.25, -0.2) is 9.37 Å². The summed E-state index contributed by atoms with van der Waals surface area (Å²) in [5.74, 6) is 4.74. The Bertz CT molecular complexity index is 719. The van der Waals surface area contributed by atoms with Gasteiger partial charge in [0.05, 0.1) is 12.1 Å². The molecular weight excluding hydrogens is 269 g/mol. The molecule has 2 aromatic rings. The molecule has 5 heteroatoms. The molecule has 0 fully saturated rings. The Morgan fingerprint density at radius 1 is 1.38 bits per heavy atom. The summed E-state index contributed by atoms with van der Waals surface area (Å²) in [4.78, 5) is 17.9. The summed E-state index contributed by atoms with van der Waals surface area (Å²) in [6, 6.07) is 9.19. The van der Waals surface area contributed by atoms with Gasteiger partial charge in [-0.3, -0.25) is 4.79 Å². The van der Waals surface area contributed by atoms with Crippen LogP contribution in [-0.2, 0) is 0 Å². The van der Waals surface area contributed by atoms with Gasteiger partial charge in [0.25, 0.3) is 5.91 Å². The predicted molar refractivity (Wildman–Crippen MR) is 79.3 cm³/mol. The Hall–Kier alpha value is -2.71. The van der Waals surface area contributed by atoms with Crippen LogP contribution in [0.25, 0.3) is 0 Å². The van der Waals surface area contributed by atoms with Gasteiger partial charge in [-0.15, -0.1) is 0 Å². The maximum Gasteiger partial charge on any atom is 0.277 e. The van der Waals surface area contributed by atoms with Crippen molar-refractivity contribution < 1.29 is 9.18 Å². The minimum atomic E-state index is -0.406. The number of rotatable bonds is 2. The molecule has 0 atom stereocenters. The first-order valence-electron chi connectivity index (χ1n) is 6.31. The van der Waals surface area contributed by atoms with Gasteiger partial charge in [-0.1, -0.05) is 17.9 Å². The number of halogens is 1. The highest BCUT2D eigenvalue weighted by Crippen LogP contribution is 2.17. The van der Waals surface area contributed by atoms with E-state index in [9.17, 15) is 9.18 Å². The van der Waals surface area contributed by atoms with Crippen LogP contribution in [-0.4, -0.2) is 24.5 Å². The lowest BCUT2D eigenvalue weighted by Crippen LogP contribution is -2.28. The third-order valence-electron chi connectivity index (χ3n) is 2.84. The Labute approximate surface area is 122 Å². The van der Waals surface area contributed by atoms with E-state index in [1.54, 1.807) is 31.3 Å². The molecule has 0 radical (unpaired) electrons. The third-order valence-corrected chi connectivity index (χ3v) is 2.84. The number of pyridine rings is 1. The normalized spacial score (nSPS) is 9.67. The zero-order valence-corrected chi connectivity index (χ0v) is 11.5. The molecule has 1 aromatic heterocycles. The molecule has 4 nitrogen and oxygen atoms in total. The number of hydrogen-bond acceptors (Lipinski definition) is 3. The monoisotopic (exact) mass is 283 g/mol. The van der Waals surface area contributed by atoms with Crippen molar-refractivity contribution in [2.24, 2.45) is 5.73 Å². The first-order chi connectivity index (χ1) is 10.1. The van der Waals surface area contributed by atoms with Crippen molar-refractivity contribution in [3.8, 4) is 11.8 Å². The van der Waals surface area contributed by atoms with Gasteiger partial charge in [-0.2, -0.15) is 0 Å². The zero-order valence-electron chi connectivity index (χ0n) is 11.5. The van der Waals surface area contributed by atoms with Crippen molar-refractivity contribution in [2.45, 2.75) is 0 Å². The predicted octanol–water partition coefficient (Wildman–Crippen LogP) is 1.81. The number of benzene rings is 1. The number of hydrogen-bond donors (Lipinski definition) is 1. The SMILES string of the molecule is CN(C(=O)c1ncccc1C#CCN)c1cccc(F)c1. The van der Waals surface area contributed by atoms with Gasteiger partial charge in [0.1, 0.15) is 11.5 Å². The molecule has 1 aromatic carbocycles. The number of nitrogens with two attached hydrogens (primary N) is 1. The van der Waals surface area contributed by atoms with E-state index in [1.807, 2.05) is 0 Å². The molecule has 0 bridgehead atoms. The molecule has 2 N–H and O–H groups in total. The number of carbonyl (C=O) groups is 1. The van der Waals surface area contributed by atoms with Crippen molar-refractivity contribution in [3.05, 3.63) is 59.7 Å². The van der Waals surface area contributed by atoms with Crippen LogP contribution in [0.3, 0.4) is 0 Å². The molecule has 1 heterocycles. The molecule has 0 saturated heterocycles. The van der Waals surface area contributed by atoms with E-state index in [2.05, 4.69) is 16.8 Å². The number of aromatic nitrogens is 1. The molecule has 2 rings (SSSR count). The number of anilines is 1. The van der Waals surface area contributed by atoms with Gasteiger partial charge in [-0.05, 0) is 30.3 Å². The summed E-state index contributed by atoms with van der Waals surface area (Å²) in [6.45, 7) is 0.197. The van der Waals surface area contributed by atoms with E-state index < -0.39 is 5.82 Å². The Morgan fingerprint density at radius 2 is 2.19 bits per heavy atom. The van der Waals surface area contributed by atoms with E-state index in [4.69, 9.17) is 5.73 Å². The van der Waals surface area contributed by atoms with Gasteiger partial charge < -0.3 is 10.6 Å². The second-order valence-corrected chi connectivity index (χ2v) is 4.25. The van der Waals surface area contributed by atoms with Gasteiger partial charge >= 0.3 is 0 Å². The Kier molecular flexibility index (Phi) is 4.64. The summed E-state index contributed by atoms with van der Waals surface area (Å²) in [6.07, 6.45) is 1.51. The molecule has 0 saturated carbocycles. The van der Waals surface area contributed by atoms with E-state index in [0.717, 1.165) is 0 Å². The number of nitrogens with zero attached hydrogens (tertiary/aromatic N) is 2. The van der Waals surface area contributed by atoms with Crippen molar-refractivity contribution in [3.63, 3.8) is 0 Å². The van der Waals surface area contributed by atoms with Crippen LogP contribution in [0, 0.1) is 17.7 Å². The fourth-order valence-corrected chi connectivity index (χ4v) is 1.78. The lowest BCUT2D eigenvalue weighted by atomic mass is 10.1. The van der Waals surface area contributed by atoms with Gasteiger partial charge in [0.15, 0.2) is 0 Å². The number of carbonyl (C=O) groups excluding carboxylic acids is 1. The second-order valence-electron chi connectivity index (χ2n) is 4.25. The molecule has 1 amide bonds. The molecule has 0 spiro atoms. The number of amides is 1. The quantitative estimate of drug-likeness (QED) is 0.855. The average Bonchev–Trinajstić information content (AvgIpc) is 2.51. The highest BCUT2D eigenvalue weighted by Gasteiger charge is 2.18. The van der Waals surface area contributed by atoms with Crippen molar-refractivity contribution in [1.82, 2.24) is 4.98 Å². The van der Waals surface area contributed by atoms with Crippen LogP contribution in [0.1, 0.15) is 16.1 Å². The Morgan fingerprint density at radius 3 is 2.90 bits per heavy atom. The summed E-state index contributed by atoms with van der Waals surface area (Å²) >= 11 is 0. The first kappa shape index (κ1) is 14.7. The van der Waals surface area contributed by atoms with E-state index in [1.165, 1.54) is 23.2 Å². The van der Waals surface area contributed by atoms with Crippen molar-refractivity contribution in [2.75, 3.05) is 18.5 Å². The first-order valence-corrected chi connectivity index (χ1v) is 6.31. The second kappa shape index (κ2) is 6.64. The van der Waals surface area contributed by atoms with Crippen LogP contribution in [0.2, 0.25) is 0 Å². The smallest absolute Gasteiger partial charge is 0.277 e. The summed E-state index contributed by atoms with van der Waals surface area (Å²) in [5.41, 5.74) is 6.50. The minimum absolute atomic E-state index is 0.197. The molecule has 0 unspecified atom stereocenters. The third kappa shape index (κ3) is 3.44. The van der Waals surface area contributed by atoms with Crippen LogP contribution in [0.5, 0.6) is 0 Å². The summed E-state index contributed by atoms with van der Waals surface area (Å²) in [7, 11) is 1.56. The topological polar surface area (TPSA) is 59.2 Å². The fraction of sp³-hybridized carbons (Fsp3) is 0.125. The van der Waals surface area contributed by atoms with Crippen LogP contribution < -0.4 is 10.6 Å². The largest absolute Gasteiger partial charge is 0.320 e. The van der Waals surface area contributed by atoms with E-state index in [-0.39, 0.29) is 18.1 Å². The maximum atomic E-state index is 13.2. The van der Waals surface area contributed by atoms with E-state index >= 15 is 0 Å². The van der Waals surface area contributed by atoms with Crippen molar-refractivity contribution in [1.29, 1.82) is 0 Å². The van der Waals surface area contributed by atoms with E-state index in [0.29, 0.717) is 11.3 Å². The van der Waals surface area contributed by atoms with Gasteiger partial charge in [0, 0.05) is 18.9 Å². The molecule has 21 heavy (non-hydrogen) atoms. The fourth-order valence-electron chi connectivity index (χ4n) is 1.78. The molecule has 0 aliphatic carbocycles. The standard InChI is InChI=1S/C16H14FN3O/c1-20(14-8-2-7-13(17)11-14)16(21)15-12(5-3-9-18)6-4-10-19-15/h2,4,6-8,10-11H,9,18H2,1H3. The lowest BCUT2D eigenvalue weighted by Gasteiger charge is -2.17. The van der Waals surface area contributed by atoms with Crippen LogP contribution in [0.15, 0.2) is 42.6 Å². The maximum absolute atomic E-state index is 13.2. The van der Waals surface area contributed by atoms with Crippen molar-refractivity contribution >= 4 is 11.6 Å². The zero-order chi connectivity index (χ0) is 15.2. The average molecular weight is 283 g/mol. The molecule has 0 aliphatic heterocycles. The van der Waals surface area contributed by atoms with Gasteiger partial charge in [0.2, 0.25) is 0 Å².